The first-order valence-electron chi connectivity index (χ1n) is 10.6. The highest BCUT2D eigenvalue weighted by molar-refractivity contribution is 5.92. The summed E-state index contributed by atoms with van der Waals surface area (Å²) in [6.07, 6.45) is 2.53. The molecule has 1 fully saturated rings. The molecule has 1 aromatic heterocycles. The van der Waals surface area contributed by atoms with Crippen LogP contribution in [-0.2, 0) is 22.6 Å². The summed E-state index contributed by atoms with van der Waals surface area (Å²) in [4.78, 5) is 37.9. The highest BCUT2D eigenvalue weighted by atomic mass is 19.1. The van der Waals surface area contributed by atoms with E-state index in [1.54, 1.807) is 24.0 Å². The lowest BCUT2D eigenvalue weighted by Gasteiger charge is -2.30. The molecule has 1 aromatic carbocycles. The van der Waals surface area contributed by atoms with Crippen molar-refractivity contribution in [1.82, 2.24) is 19.8 Å². The molecule has 0 spiro atoms. The molecule has 9 heteroatoms. The molecule has 0 saturated carbocycles. The Morgan fingerprint density at radius 1 is 1.19 bits per heavy atom. The Hall–Kier alpha value is -3.07. The maximum Gasteiger partial charge on any atom is 0.238 e. The summed E-state index contributed by atoms with van der Waals surface area (Å²) < 4.78 is 13.1. The minimum atomic E-state index is -0.342. The van der Waals surface area contributed by atoms with Crippen molar-refractivity contribution in [2.75, 3.05) is 37.3 Å². The largest absolute Gasteiger partial charge is 0.373 e. The predicted molar refractivity (Wildman–Crippen MR) is 115 cm³/mol. The van der Waals surface area contributed by atoms with Crippen LogP contribution in [0.1, 0.15) is 42.9 Å². The second-order valence-electron chi connectivity index (χ2n) is 7.98. The Morgan fingerprint density at radius 2 is 1.97 bits per heavy atom. The summed E-state index contributed by atoms with van der Waals surface area (Å²) in [6.45, 7) is 3.70. The summed E-state index contributed by atoms with van der Waals surface area (Å²) in [7, 11) is 1.84. The molecule has 1 saturated heterocycles. The number of hydrogen-bond donors (Lipinski definition) is 2. The Bertz CT molecular complexity index is 981. The number of hydrogen-bond acceptors (Lipinski definition) is 6. The van der Waals surface area contributed by atoms with Crippen molar-refractivity contribution in [3.05, 3.63) is 47.2 Å². The number of amides is 2. The van der Waals surface area contributed by atoms with Crippen molar-refractivity contribution < 1.29 is 14.0 Å². The SMILES string of the molecule is CNc1nc([C@@H]2CCCN2CC(=O)Nc2ccc(F)cc2)nc2c1CCN(C(C)=O)C2. The molecule has 31 heavy (non-hydrogen) atoms. The van der Waals surface area contributed by atoms with E-state index in [1.165, 1.54) is 12.1 Å². The van der Waals surface area contributed by atoms with Crippen molar-refractivity contribution >= 4 is 23.3 Å². The molecule has 2 aromatic rings. The van der Waals surface area contributed by atoms with Crippen molar-refractivity contribution in [2.24, 2.45) is 0 Å². The third-order valence-corrected chi connectivity index (χ3v) is 5.90. The standard InChI is InChI=1S/C22H27FN6O2/c1-14(30)28-11-9-17-18(12-28)26-22(27-21(17)24-2)19-4-3-10-29(19)13-20(31)25-16-7-5-15(23)6-8-16/h5-8,19H,3-4,9-13H2,1-2H3,(H,25,31)(H,24,26,27)/t19-/m0/s1. The molecular formula is C22H27FN6O2. The first kappa shape index (κ1) is 21.2. The van der Waals surface area contributed by atoms with Crippen LogP contribution in [0.2, 0.25) is 0 Å². The van der Waals surface area contributed by atoms with E-state index in [9.17, 15) is 14.0 Å². The highest BCUT2D eigenvalue weighted by Crippen LogP contribution is 2.32. The molecule has 2 aliphatic rings. The van der Waals surface area contributed by atoms with Crippen molar-refractivity contribution in [3.8, 4) is 0 Å². The molecule has 0 unspecified atom stereocenters. The van der Waals surface area contributed by atoms with E-state index in [4.69, 9.17) is 9.97 Å². The van der Waals surface area contributed by atoms with Gasteiger partial charge in [-0.05, 0) is 50.1 Å². The quantitative estimate of drug-likeness (QED) is 0.763. The van der Waals surface area contributed by atoms with Crippen LogP contribution in [0.15, 0.2) is 24.3 Å². The average molecular weight is 426 g/mol. The first-order valence-corrected chi connectivity index (χ1v) is 10.6. The number of fused-ring (bicyclic) bond motifs is 1. The number of likely N-dealkylation sites (tertiary alicyclic amines) is 1. The van der Waals surface area contributed by atoms with Gasteiger partial charge in [-0.1, -0.05) is 0 Å². The van der Waals surface area contributed by atoms with Crippen LogP contribution in [0.25, 0.3) is 0 Å². The number of carbonyl (C=O) groups is 2. The number of nitrogens with one attached hydrogen (secondary N) is 2. The van der Waals surface area contributed by atoms with Gasteiger partial charge in [-0.2, -0.15) is 0 Å². The van der Waals surface area contributed by atoms with E-state index in [-0.39, 0.29) is 30.2 Å². The summed E-state index contributed by atoms with van der Waals surface area (Å²) >= 11 is 0. The van der Waals surface area contributed by atoms with Crippen LogP contribution in [-0.4, -0.2) is 58.3 Å². The summed E-state index contributed by atoms with van der Waals surface area (Å²) in [5.74, 6) is 1.02. The molecule has 8 nitrogen and oxygen atoms in total. The van der Waals surface area contributed by atoms with E-state index >= 15 is 0 Å². The number of carbonyl (C=O) groups excluding carboxylic acids is 2. The fraction of sp³-hybridized carbons (Fsp3) is 0.455. The fourth-order valence-corrected chi connectivity index (χ4v) is 4.30. The van der Waals surface area contributed by atoms with Gasteiger partial charge in [0, 0.05) is 31.8 Å². The van der Waals surface area contributed by atoms with Crippen LogP contribution in [0.4, 0.5) is 15.9 Å². The topological polar surface area (TPSA) is 90.5 Å². The molecule has 4 rings (SSSR count). The molecule has 0 bridgehead atoms. The zero-order valence-corrected chi connectivity index (χ0v) is 17.8. The van der Waals surface area contributed by atoms with Gasteiger partial charge >= 0.3 is 0 Å². The molecule has 0 radical (unpaired) electrons. The highest BCUT2D eigenvalue weighted by Gasteiger charge is 2.32. The van der Waals surface area contributed by atoms with E-state index in [2.05, 4.69) is 15.5 Å². The van der Waals surface area contributed by atoms with E-state index in [0.717, 1.165) is 42.9 Å². The summed E-state index contributed by atoms with van der Waals surface area (Å²) in [5, 5.41) is 5.99. The van der Waals surface area contributed by atoms with Gasteiger partial charge in [0.2, 0.25) is 11.8 Å². The van der Waals surface area contributed by atoms with Gasteiger partial charge in [-0.3, -0.25) is 14.5 Å². The zero-order chi connectivity index (χ0) is 22.0. The van der Waals surface area contributed by atoms with Crippen LogP contribution >= 0.6 is 0 Å². The number of nitrogens with zero attached hydrogens (tertiary/aromatic N) is 4. The summed E-state index contributed by atoms with van der Waals surface area (Å²) in [6, 6.07) is 5.66. The zero-order valence-electron chi connectivity index (χ0n) is 17.8. The maximum atomic E-state index is 13.1. The van der Waals surface area contributed by atoms with Gasteiger partial charge in [0.1, 0.15) is 17.5 Å². The van der Waals surface area contributed by atoms with Crippen molar-refractivity contribution in [3.63, 3.8) is 0 Å². The Balaban J connectivity index is 1.51. The van der Waals surface area contributed by atoms with Gasteiger partial charge < -0.3 is 15.5 Å². The molecule has 2 aliphatic heterocycles. The van der Waals surface area contributed by atoms with E-state index < -0.39 is 0 Å². The van der Waals surface area contributed by atoms with E-state index in [0.29, 0.717) is 24.6 Å². The second-order valence-corrected chi connectivity index (χ2v) is 7.98. The molecule has 3 heterocycles. The van der Waals surface area contributed by atoms with E-state index in [1.807, 2.05) is 7.05 Å². The van der Waals surface area contributed by atoms with Gasteiger partial charge in [0.15, 0.2) is 0 Å². The lowest BCUT2D eigenvalue weighted by molar-refractivity contribution is -0.129. The number of anilines is 2. The van der Waals surface area contributed by atoms with Crippen LogP contribution in [0, 0.1) is 5.82 Å². The third kappa shape index (κ3) is 4.66. The smallest absolute Gasteiger partial charge is 0.238 e. The minimum Gasteiger partial charge on any atom is -0.373 e. The van der Waals surface area contributed by atoms with Gasteiger partial charge in [-0.15, -0.1) is 0 Å². The Morgan fingerprint density at radius 3 is 2.68 bits per heavy atom. The van der Waals surface area contributed by atoms with Gasteiger partial charge in [0.25, 0.3) is 0 Å². The number of benzene rings is 1. The number of halogens is 1. The molecule has 1 atom stereocenters. The fourth-order valence-electron chi connectivity index (χ4n) is 4.30. The predicted octanol–water partition coefficient (Wildman–Crippen LogP) is 2.34. The average Bonchev–Trinajstić information content (AvgIpc) is 3.22. The monoisotopic (exact) mass is 426 g/mol. The number of aromatic nitrogens is 2. The van der Waals surface area contributed by atoms with Crippen LogP contribution in [0.3, 0.4) is 0 Å². The lowest BCUT2D eigenvalue weighted by atomic mass is 10.0. The number of rotatable bonds is 5. The first-order chi connectivity index (χ1) is 14.9. The van der Waals surface area contributed by atoms with Crippen molar-refractivity contribution in [1.29, 1.82) is 0 Å². The molecule has 0 aliphatic carbocycles. The maximum absolute atomic E-state index is 13.1. The van der Waals surface area contributed by atoms with Gasteiger partial charge in [-0.25, -0.2) is 14.4 Å². The van der Waals surface area contributed by atoms with Crippen LogP contribution < -0.4 is 10.6 Å². The molecule has 2 N–H and O–H groups in total. The normalized spacial score (nSPS) is 18.5. The third-order valence-electron chi connectivity index (χ3n) is 5.90. The van der Waals surface area contributed by atoms with Gasteiger partial charge in [0.05, 0.1) is 24.8 Å². The molecular weight excluding hydrogens is 399 g/mol. The Labute approximate surface area is 180 Å². The van der Waals surface area contributed by atoms with Crippen molar-refractivity contribution in [2.45, 2.75) is 38.8 Å². The minimum absolute atomic E-state index is 0.0387. The van der Waals surface area contributed by atoms with Crippen LogP contribution in [0.5, 0.6) is 0 Å². The second kappa shape index (κ2) is 8.97. The molecule has 164 valence electrons. The Kier molecular flexibility index (Phi) is 6.13. The summed E-state index contributed by atoms with van der Waals surface area (Å²) in [5.41, 5.74) is 2.50. The molecule has 2 amide bonds. The lowest BCUT2D eigenvalue weighted by Crippen LogP contribution is -2.37.